The second-order valence-corrected chi connectivity index (χ2v) is 8.12. The average molecular weight is 379 g/mol. The molecular formula is C23H30N4O. The van der Waals surface area contributed by atoms with Gasteiger partial charge in [-0.1, -0.05) is 56.0 Å². The van der Waals surface area contributed by atoms with E-state index < -0.39 is 0 Å². The lowest BCUT2D eigenvalue weighted by Crippen LogP contribution is -2.46. The molecule has 0 spiro atoms. The number of carbonyl (C=O) groups is 1. The Morgan fingerprint density at radius 3 is 2.32 bits per heavy atom. The molecule has 1 unspecified atom stereocenters. The largest absolute Gasteiger partial charge is 0.353 e. The first-order chi connectivity index (χ1) is 13.8. The van der Waals surface area contributed by atoms with E-state index in [2.05, 4.69) is 32.3 Å². The van der Waals surface area contributed by atoms with Crippen LogP contribution < -0.4 is 10.2 Å². The number of nitrogens with zero attached hydrogens (tertiary/aromatic N) is 3. The van der Waals surface area contributed by atoms with Gasteiger partial charge < -0.3 is 10.2 Å². The zero-order valence-electron chi connectivity index (χ0n) is 16.5. The van der Waals surface area contributed by atoms with Crippen LogP contribution in [0.4, 0.5) is 5.95 Å². The number of amides is 1. The minimum absolute atomic E-state index is 0.0365. The van der Waals surface area contributed by atoms with E-state index in [0.717, 1.165) is 49.3 Å². The van der Waals surface area contributed by atoms with Gasteiger partial charge >= 0.3 is 0 Å². The summed E-state index contributed by atoms with van der Waals surface area (Å²) in [5.74, 6) is 0.985. The number of anilines is 1. The molecule has 1 saturated heterocycles. The van der Waals surface area contributed by atoms with Gasteiger partial charge in [0, 0.05) is 37.1 Å². The quantitative estimate of drug-likeness (QED) is 0.810. The highest BCUT2D eigenvalue weighted by molar-refractivity contribution is 5.79. The van der Waals surface area contributed by atoms with E-state index >= 15 is 0 Å². The molecule has 1 aromatic heterocycles. The van der Waals surface area contributed by atoms with Crippen LogP contribution in [-0.4, -0.2) is 35.0 Å². The second kappa shape index (κ2) is 9.18. The molecule has 5 heteroatoms. The van der Waals surface area contributed by atoms with Gasteiger partial charge in [0.1, 0.15) is 0 Å². The molecule has 1 N–H and O–H groups in total. The van der Waals surface area contributed by atoms with Crippen molar-refractivity contribution in [2.24, 2.45) is 5.92 Å². The Bertz CT molecular complexity index is 754. The van der Waals surface area contributed by atoms with Crippen molar-refractivity contribution in [1.29, 1.82) is 0 Å². The molecule has 2 fully saturated rings. The van der Waals surface area contributed by atoms with Crippen molar-refractivity contribution in [3.63, 3.8) is 0 Å². The first kappa shape index (κ1) is 18.9. The van der Waals surface area contributed by atoms with E-state index in [1.807, 2.05) is 30.6 Å². The van der Waals surface area contributed by atoms with Gasteiger partial charge in [0.25, 0.3) is 0 Å². The molecular weight excluding hydrogens is 348 g/mol. The lowest BCUT2D eigenvalue weighted by atomic mass is 9.96. The Kier molecular flexibility index (Phi) is 6.20. The number of rotatable bonds is 4. The van der Waals surface area contributed by atoms with Gasteiger partial charge in [0.05, 0.1) is 5.92 Å². The van der Waals surface area contributed by atoms with Gasteiger partial charge in [-0.25, -0.2) is 9.97 Å². The van der Waals surface area contributed by atoms with Crippen molar-refractivity contribution in [1.82, 2.24) is 15.3 Å². The summed E-state index contributed by atoms with van der Waals surface area (Å²) in [6.45, 7) is 1.63. The fourth-order valence-corrected chi connectivity index (χ4v) is 4.38. The van der Waals surface area contributed by atoms with E-state index in [1.54, 1.807) is 0 Å². The summed E-state index contributed by atoms with van der Waals surface area (Å²) in [5, 5.41) is 3.32. The topological polar surface area (TPSA) is 58.1 Å². The zero-order valence-corrected chi connectivity index (χ0v) is 16.5. The van der Waals surface area contributed by atoms with Crippen molar-refractivity contribution < 1.29 is 4.79 Å². The predicted molar refractivity (Wildman–Crippen MR) is 112 cm³/mol. The highest BCUT2D eigenvalue weighted by atomic mass is 16.2. The number of nitrogens with one attached hydrogen (secondary N) is 1. The predicted octanol–water partition coefficient (Wildman–Crippen LogP) is 4.20. The molecule has 2 aliphatic rings. The molecule has 4 rings (SSSR count). The van der Waals surface area contributed by atoms with Crippen molar-refractivity contribution in [2.45, 2.75) is 57.4 Å². The third kappa shape index (κ3) is 4.70. The van der Waals surface area contributed by atoms with Crippen LogP contribution in [0.5, 0.6) is 0 Å². The number of hydrogen-bond acceptors (Lipinski definition) is 4. The van der Waals surface area contributed by atoms with Crippen LogP contribution >= 0.6 is 0 Å². The Hall–Kier alpha value is -2.43. The van der Waals surface area contributed by atoms with Crippen LogP contribution in [0.1, 0.15) is 51.4 Å². The molecule has 1 atom stereocenters. The Morgan fingerprint density at radius 2 is 1.61 bits per heavy atom. The lowest BCUT2D eigenvalue weighted by molar-refractivity contribution is -0.126. The van der Waals surface area contributed by atoms with Crippen molar-refractivity contribution in [3.8, 4) is 11.1 Å². The first-order valence-corrected chi connectivity index (χ1v) is 10.7. The van der Waals surface area contributed by atoms with Crippen LogP contribution in [0.3, 0.4) is 0 Å². The molecule has 2 heterocycles. The Labute approximate surface area is 167 Å². The fourth-order valence-electron chi connectivity index (χ4n) is 4.38. The highest BCUT2D eigenvalue weighted by Gasteiger charge is 2.28. The maximum absolute atomic E-state index is 12.8. The molecule has 148 valence electrons. The molecule has 0 bridgehead atoms. The van der Waals surface area contributed by atoms with E-state index in [-0.39, 0.29) is 11.8 Å². The van der Waals surface area contributed by atoms with E-state index in [1.165, 1.54) is 25.7 Å². The van der Waals surface area contributed by atoms with Gasteiger partial charge in [0.2, 0.25) is 11.9 Å². The molecule has 1 aromatic carbocycles. The van der Waals surface area contributed by atoms with Gasteiger partial charge in [-0.15, -0.1) is 0 Å². The number of benzene rings is 1. The molecule has 0 radical (unpaired) electrons. The summed E-state index contributed by atoms with van der Waals surface area (Å²) < 4.78 is 0. The SMILES string of the molecule is O=C(NC1CCCCCC1)C1CCCN(c2ncc(-c3ccccc3)cn2)C1. The summed E-state index contributed by atoms with van der Waals surface area (Å²) >= 11 is 0. The maximum Gasteiger partial charge on any atom is 0.225 e. The highest BCUT2D eigenvalue weighted by Crippen LogP contribution is 2.24. The third-order valence-corrected chi connectivity index (χ3v) is 6.02. The van der Waals surface area contributed by atoms with Gasteiger partial charge in [-0.05, 0) is 31.2 Å². The lowest BCUT2D eigenvalue weighted by Gasteiger charge is -2.32. The van der Waals surface area contributed by atoms with Crippen LogP contribution in [0.2, 0.25) is 0 Å². The normalized spacial score (nSPS) is 21.1. The summed E-state index contributed by atoms with van der Waals surface area (Å²) in [7, 11) is 0. The van der Waals surface area contributed by atoms with E-state index in [9.17, 15) is 4.79 Å². The molecule has 1 aliphatic heterocycles. The van der Waals surface area contributed by atoms with Crippen molar-refractivity contribution >= 4 is 11.9 Å². The molecule has 1 amide bonds. The number of piperidine rings is 1. The van der Waals surface area contributed by atoms with Crippen molar-refractivity contribution in [3.05, 3.63) is 42.7 Å². The molecule has 5 nitrogen and oxygen atoms in total. The smallest absolute Gasteiger partial charge is 0.225 e. The third-order valence-electron chi connectivity index (χ3n) is 6.02. The van der Waals surface area contributed by atoms with Gasteiger partial charge in [-0.3, -0.25) is 4.79 Å². The standard InChI is InChI=1S/C23H30N4O/c28-22(26-21-12-6-1-2-7-13-21)19-11-8-14-27(17-19)23-24-15-20(16-25-23)18-9-4-3-5-10-18/h3-5,9-10,15-16,19,21H,1-2,6-8,11-14,17H2,(H,26,28). The van der Waals surface area contributed by atoms with E-state index in [0.29, 0.717) is 12.6 Å². The molecule has 2 aromatic rings. The van der Waals surface area contributed by atoms with Crippen molar-refractivity contribution in [2.75, 3.05) is 18.0 Å². The summed E-state index contributed by atoms with van der Waals surface area (Å²) in [6.07, 6.45) is 13.1. The zero-order chi connectivity index (χ0) is 19.2. The molecule has 1 aliphatic carbocycles. The van der Waals surface area contributed by atoms with Gasteiger partial charge in [-0.2, -0.15) is 0 Å². The first-order valence-electron chi connectivity index (χ1n) is 10.7. The fraction of sp³-hybridized carbons (Fsp3) is 0.522. The number of aromatic nitrogens is 2. The molecule has 28 heavy (non-hydrogen) atoms. The van der Waals surface area contributed by atoms with Crippen LogP contribution in [0, 0.1) is 5.92 Å². The number of carbonyl (C=O) groups excluding carboxylic acids is 1. The monoisotopic (exact) mass is 378 g/mol. The summed E-state index contributed by atoms with van der Waals surface area (Å²) in [6, 6.07) is 10.5. The average Bonchev–Trinajstić information content (AvgIpc) is 3.03. The van der Waals surface area contributed by atoms with Crippen LogP contribution in [0.25, 0.3) is 11.1 Å². The second-order valence-electron chi connectivity index (χ2n) is 8.12. The summed E-state index contributed by atoms with van der Waals surface area (Å²) in [5.41, 5.74) is 2.14. The Morgan fingerprint density at radius 1 is 0.893 bits per heavy atom. The van der Waals surface area contributed by atoms with Crippen LogP contribution in [0.15, 0.2) is 42.7 Å². The summed E-state index contributed by atoms with van der Waals surface area (Å²) in [4.78, 5) is 24.1. The Balaban J connectivity index is 1.37. The minimum Gasteiger partial charge on any atom is -0.353 e. The maximum atomic E-state index is 12.8. The van der Waals surface area contributed by atoms with Crippen LogP contribution in [-0.2, 0) is 4.79 Å². The number of hydrogen-bond donors (Lipinski definition) is 1. The molecule has 1 saturated carbocycles. The van der Waals surface area contributed by atoms with Gasteiger partial charge in [0.15, 0.2) is 0 Å². The minimum atomic E-state index is 0.0365. The van der Waals surface area contributed by atoms with E-state index in [4.69, 9.17) is 0 Å².